The number of hydrogen-bond acceptors (Lipinski definition) is 3. The van der Waals surface area contributed by atoms with Gasteiger partial charge in [0.25, 0.3) is 0 Å². The standard InChI is InChI=1S/C10H22N2O2/c1-6-10(3,14)7-11-8(2)9(13)12(4)5/h8,11,14H,6-7H2,1-5H3. The maximum Gasteiger partial charge on any atom is 0.238 e. The van der Waals surface area contributed by atoms with Crippen molar-refractivity contribution in [2.24, 2.45) is 0 Å². The second-order valence-corrected chi connectivity index (χ2v) is 4.19. The summed E-state index contributed by atoms with van der Waals surface area (Å²) in [7, 11) is 3.44. The van der Waals surface area contributed by atoms with Crippen LogP contribution in [0.15, 0.2) is 0 Å². The molecule has 0 rings (SSSR count). The van der Waals surface area contributed by atoms with Gasteiger partial charge in [-0.25, -0.2) is 0 Å². The summed E-state index contributed by atoms with van der Waals surface area (Å²) in [4.78, 5) is 13.0. The van der Waals surface area contributed by atoms with Gasteiger partial charge in [0, 0.05) is 20.6 Å². The smallest absolute Gasteiger partial charge is 0.238 e. The Balaban J connectivity index is 3.97. The van der Waals surface area contributed by atoms with Crippen molar-refractivity contribution in [1.29, 1.82) is 0 Å². The number of aliphatic hydroxyl groups is 1. The highest BCUT2D eigenvalue weighted by atomic mass is 16.3. The lowest BCUT2D eigenvalue weighted by atomic mass is 10.0. The highest BCUT2D eigenvalue weighted by molar-refractivity contribution is 5.80. The second-order valence-electron chi connectivity index (χ2n) is 4.19. The molecule has 0 spiro atoms. The van der Waals surface area contributed by atoms with Crippen molar-refractivity contribution in [3.05, 3.63) is 0 Å². The molecule has 0 bridgehead atoms. The SMILES string of the molecule is CCC(C)(O)CNC(C)C(=O)N(C)C. The zero-order valence-corrected chi connectivity index (χ0v) is 9.79. The molecule has 84 valence electrons. The van der Waals surface area contributed by atoms with Gasteiger partial charge in [-0.15, -0.1) is 0 Å². The van der Waals surface area contributed by atoms with Crippen LogP contribution in [0.1, 0.15) is 27.2 Å². The van der Waals surface area contributed by atoms with Crippen molar-refractivity contribution < 1.29 is 9.90 Å². The van der Waals surface area contributed by atoms with Crippen molar-refractivity contribution in [3.63, 3.8) is 0 Å². The van der Waals surface area contributed by atoms with Gasteiger partial charge in [0.2, 0.25) is 5.91 Å². The van der Waals surface area contributed by atoms with Crippen LogP contribution in [0.3, 0.4) is 0 Å². The van der Waals surface area contributed by atoms with E-state index in [0.717, 1.165) is 0 Å². The summed E-state index contributed by atoms with van der Waals surface area (Å²) >= 11 is 0. The summed E-state index contributed by atoms with van der Waals surface area (Å²) in [5.74, 6) is 0.0249. The van der Waals surface area contributed by atoms with E-state index in [2.05, 4.69) is 5.32 Å². The highest BCUT2D eigenvalue weighted by Crippen LogP contribution is 2.06. The molecule has 0 saturated heterocycles. The fraction of sp³-hybridized carbons (Fsp3) is 0.900. The van der Waals surface area contributed by atoms with Crippen LogP contribution in [0.2, 0.25) is 0 Å². The molecule has 0 aliphatic carbocycles. The zero-order chi connectivity index (χ0) is 11.4. The van der Waals surface area contributed by atoms with Crippen LogP contribution in [-0.2, 0) is 4.79 Å². The zero-order valence-electron chi connectivity index (χ0n) is 9.79. The van der Waals surface area contributed by atoms with E-state index in [4.69, 9.17) is 0 Å². The summed E-state index contributed by atoms with van der Waals surface area (Å²) < 4.78 is 0. The number of nitrogens with zero attached hydrogens (tertiary/aromatic N) is 1. The second kappa shape index (κ2) is 5.32. The van der Waals surface area contributed by atoms with Crippen molar-refractivity contribution in [3.8, 4) is 0 Å². The summed E-state index contributed by atoms with van der Waals surface area (Å²) in [6.45, 7) is 5.91. The molecule has 1 amide bonds. The molecule has 0 radical (unpaired) electrons. The molecule has 0 aliphatic rings. The first-order chi connectivity index (χ1) is 6.30. The van der Waals surface area contributed by atoms with Gasteiger partial charge in [0.15, 0.2) is 0 Å². The van der Waals surface area contributed by atoms with Crippen molar-refractivity contribution in [1.82, 2.24) is 10.2 Å². The van der Waals surface area contributed by atoms with Gasteiger partial charge in [0.1, 0.15) is 0 Å². The molecule has 0 aromatic carbocycles. The Kier molecular flexibility index (Phi) is 5.08. The molecule has 0 heterocycles. The molecule has 0 fully saturated rings. The lowest BCUT2D eigenvalue weighted by molar-refractivity contribution is -0.130. The Morgan fingerprint density at radius 1 is 1.57 bits per heavy atom. The van der Waals surface area contributed by atoms with E-state index in [9.17, 15) is 9.90 Å². The molecule has 2 unspecified atom stereocenters. The van der Waals surface area contributed by atoms with E-state index >= 15 is 0 Å². The van der Waals surface area contributed by atoms with Gasteiger partial charge in [-0.1, -0.05) is 6.92 Å². The molecule has 14 heavy (non-hydrogen) atoms. The minimum atomic E-state index is -0.735. The normalized spacial score (nSPS) is 17.3. The molecule has 0 aliphatic heterocycles. The van der Waals surface area contributed by atoms with Crippen LogP contribution in [0.4, 0.5) is 0 Å². The highest BCUT2D eigenvalue weighted by Gasteiger charge is 2.21. The summed E-state index contributed by atoms with van der Waals surface area (Å²) in [6.07, 6.45) is 0.670. The molecule has 2 N–H and O–H groups in total. The maximum atomic E-state index is 11.4. The van der Waals surface area contributed by atoms with E-state index in [1.165, 1.54) is 0 Å². The van der Waals surface area contributed by atoms with Gasteiger partial charge in [0.05, 0.1) is 11.6 Å². The Morgan fingerprint density at radius 2 is 2.07 bits per heavy atom. The third kappa shape index (κ3) is 4.58. The largest absolute Gasteiger partial charge is 0.389 e. The van der Waals surface area contributed by atoms with Crippen LogP contribution in [0, 0.1) is 0 Å². The number of hydrogen-bond donors (Lipinski definition) is 2. The predicted molar refractivity (Wildman–Crippen MR) is 57.1 cm³/mol. The van der Waals surface area contributed by atoms with Gasteiger partial charge in [-0.3, -0.25) is 4.79 Å². The third-order valence-electron chi connectivity index (χ3n) is 2.36. The Hall–Kier alpha value is -0.610. The summed E-state index contributed by atoms with van der Waals surface area (Å²) in [5.41, 5.74) is -0.735. The molecule has 0 aromatic rings. The number of carbonyl (C=O) groups is 1. The van der Waals surface area contributed by atoms with Gasteiger partial charge >= 0.3 is 0 Å². The molecular formula is C10H22N2O2. The fourth-order valence-electron chi connectivity index (χ4n) is 0.973. The van der Waals surface area contributed by atoms with Crippen LogP contribution in [0.25, 0.3) is 0 Å². The fourth-order valence-corrected chi connectivity index (χ4v) is 0.973. The average molecular weight is 202 g/mol. The van der Waals surface area contributed by atoms with Gasteiger partial charge < -0.3 is 15.3 Å². The number of nitrogens with one attached hydrogen (secondary N) is 1. The number of rotatable bonds is 5. The minimum Gasteiger partial charge on any atom is -0.389 e. The van der Waals surface area contributed by atoms with Crippen LogP contribution < -0.4 is 5.32 Å². The van der Waals surface area contributed by atoms with E-state index in [1.54, 1.807) is 32.8 Å². The Morgan fingerprint density at radius 3 is 2.43 bits per heavy atom. The van der Waals surface area contributed by atoms with E-state index in [1.807, 2.05) is 6.92 Å². The first kappa shape index (κ1) is 13.4. The third-order valence-corrected chi connectivity index (χ3v) is 2.36. The molecule has 0 saturated carbocycles. The summed E-state index contributed by atoms with van der Waals surface area (Å²) in [5, 5.41) is 12.7. The summed E-state index contributed by atoms with van der Waals surface area (Å²) in [6, 6.07) is -0.247. The number of amides is 1. The monoisotopic (exact) mass is 202 g/mol. The molecule has 4 nitrogen and oxygen atoms in total. The molecule has 2 atom stereocenters. The van der Waals surface area contributed by atoms with Gasteiger partial charge in [-0.2, -0.15) is 0 Å². The van der Waals surface area contributed by atoms with Crippen molar-refractivity contribution >= 4 is 5.91 Å². The average Bonchev–Trinajstić information content (AvgIpc) is 2.13. The van der Waals surface area contributed by atoms with Gasteiger partial charge in [-0.05, 0) is 20.3 Å². The van der Waals surface area contributed by atoms with E-state index < -0.39 is 5.60 Å². The van der Waals surface area contributed by atoms with Crippen molar-refractivity contribution in [2.75, 3.05) is 20.6 Å². The number of likely N-dealkylation sites (N-methyl/N-ethyl adjacent to an activating group) is 1. The van der Waals surface area contributed by atoms with Crippen LogP contribution >= 0.6 is 0 Å². The Labute approximate surface area is 86.3 Å². The lowest BCUT2D eigenvalue weighted by Crippen LogP contribution is -2.47. The topological polar surface area (TPSA) is 52.6 Å². The minimum absolute atomic E-state index is 0.0249. The molecular weight excluding hydrogens is 180 g/mol. The molecule has 0 aromatic heterocycles. The Bertz CT molecular complexity index is 191. The van der Waals surface area contributed by atoms with E-state index in [-0.39, 0.29) is 11.9 Å². The lowest BCUT2D eigenvalue weighted by Gasteiger charge is -2.25. The quantitative estimate of drug-likeness (QED) is 0.670. The van der Waals surface area contributed by atoms with E-state index in [0.29, 0.717) is 13.0 Å². The van der Waals surface area contributed by atoms with Crippen LogP contribution in [0.5, 0.6) is 0 Å². The maximum absolute atomic E-state index is 11.4. The predicted octanol–water partition coefficient (Wildman–Crippen LogP) is 0.214. The van der Waals surface area contributed by atoms with Crippen LogP contribution in [-0.4, -0.2) is 48.2 Å². The van der Waals surface area contributed by atoms with Crippen molar-refractivity contribution in [2.45, 2.75) is 38.8 Å². The number of carbonyl (C=O) groups excluding carboxylic acids is 1. The first-order valence-corrected chi connectivity index (χ1v) is 4.97. The molecule has 4 heteroatoms. The first-order valence-electron chi connectivity index (χ1n) is 4.97.